The van der Waals surface area contributed by atoms with Gasteiger partial charge in [0.2, 0.25) is 0 Å². The van der Waals surface area contributed by atoms with Gasteiger partial charge in [-0.05, 0) is 6.07 Å². The van der Waals surface area contributed by atoms with Crippen LogP contribution in [0, 0.1) is 32.3 Å². The van der Waals surface area contributed by atoms with Crippen LogP contribution >= 0.6 is 0 Å². The summed E-state index contributed by atoms with van der Waals surface area (Å²) < 4.78 is 0. The molecule has 0 bridgehead atoms. The molecule has 11 heavy (non-hydrogen) atoms. The molecule has 0 aliphatic rings. The Kier molecular flexibility index (Phi) is 34.7. The number of hydrogen-bond donors (Lipinski definition) is 0. The molecule has 59 valence electrons. The van der Waals surface area contributed by atoms with Gasteiger partial charge < -0.3 is 0 Å². The summed E-state index contributed by atoms with van der Waals surface area (Å²) in [6, 6.07) is 12.5. The van der Waals surface area contributed by atoms with Gasteiger partial charge in [0.05, 0.1) is 0 Å². The van der Waals surface area contributed by atoms with Crippen LogP contribution in [0.4, 0.5) is 0 Å². The summed E-state index contributed by atoms with van der Waals surface area (Å²) in [6.45, 7) is 8.50. The summed E-state index contributed by atoms with van der Waals surface area (Å²) in [4.78, 5) is 0. The topological polar surface area (TPSA) is 23.8 Å². The van der Waals surface area contributed by atoms with Crippen molar-refractivity contribution in [2.45, 2.75) is 6.92 Å². The first-order valence-corrected chi connectivity index (χ1v) is 2.88. The van der Waals surface area contributed by atoms with E-state index in [9.17, 15) is 0 Å². The van der Waals surface area contributed by atoms with Crippen LogP contribution in [-0.4, -0.2) is 0 Å². The molecule has 0 N–H and O–H groups in total. The summed E-state index contributed by atoms with van der Waals surface area (Å²) in [6.07, 6.45) is 0. The molecule has 0 unspecified atom stereocenters. The van der Waals surface area contributed by atoms with Crippen LogP contribution in [0.2, 0.25) is 0 Å². The molecule has 0 amide bonds. The zero-order valence-electron chi connectivity index (χ0n) is 7.12. The molecule has 0 aliphatic heterocycles. The Balaban J connectivity index is -0.000000114. The smallest absolute Gasteiger partial charge is 0.0462 e. The van der Waals surface area contributed by atoms with Gasteiger partial charge in [-0.3, -0.25) is 0 Å². The lowest BCUT2D eigenvalue weighted by atomic mass is 10.4. The molecule has 1 aromatic carbocycles. The average Bonchev–Trinajstić information content (AvgIpc) is 2.14. The van der Waals surface area contributed by atoms with Crippen molar-refractivity contribution >= 4 is 0 Å². The highest BCUT2D eigenvalue weighted by Crippen LogP contribution is 1.78. The minimum absolute atomic E-state index is 0. The second-order valence-electron chi connectivity index (χ2n) is 1.08. The van der Waals surface area contributed by atoms with Gasteiger partial charge in [0.1, 0.15) is 0 Å². The fourth-order valence-electron chi connectivity index (χ4n) is 0.342. The predicted molar refractivity (Wildman–Crippen MR) is 49.4 cm³/mol. The van der Waals surface area contributed by atoms with E-state index >= 15 is 0 Å². The number of rotatable bonds is 0. The second kappa shape index (κ2) is 23.3. The highest BCUT2D eigenvalue weighted by atomic mass is 14.2. The fourth-order valence-corrected chi connectivity index (χ4v) is 0.342. The van der Waals surface area contributed by atoms with Crippen molar-refractivity contribution in [3.63, 3.8) is 0 Å². The highest BCUT2D eigenvalue weighted by molar-refractivity contribution is 4.97. The average molecular weight is 148 g/mol. The molecule has 0 saturated carbocycles. The Morgan fingerprint density at radius 1 is 1.09 bits per heavy atom. The lowest BCUT2D eigenvalue weighted by molar-refractivity contribution is 1.58. The van der Waals surface area contributed by atoms with Crippen LogP contribution in [0.1, 0.15) is 6.92 Å². The van der Waals surface area contributed by atoms with Gasteiger partial charge in [0, 0.05) is 6.57 Å². The maximum Gasteiger partial charge on any atom is 0.0462 e. The van der Waals surface area contributed by atoms with Crippen LogP contribution in [-0.2, 0) is 0 Å². The first kappa shape index (κ1) is 16.4. The van der Waals surface area contributed by atoms with E-state index in [1.54, 1.807) is 6.92 Å². The largest absolute Gasteiger partial charge is 0.202 e. The van der Waals surface area contributed by atoms with Crippen molar-refractivity contribution in [2.24, 2.45) is 0 Å². The quantitative estimate of drug-likeness (QED) is 0.555. The SMILES string of the molecule is C#N.[CH2]C.[CH3].[c]1ccccc1. The maximum absolute atomic E-state index is 6.50. The Hall–Kier alpha value is -1.29. The molecule has 0 aliphatic carbocycles. The number of nitrogens with zero attached hydrogens (tertiary/aromatic N) is 1. The summed E-state index contributed by atoms with van der Waals surface area (Å²) >= 11 is 0. The fraction of sp³-hybridized carbons (Fsp3) is 0.100. The lowest BCUT2D eigenvalue weighted by Crippen LogP contribution is -1.49. The van der Waals surface area contributed by atoms with Gasteiger partial charge in [0.25, 0.3) is 0 Å². The second-order valence-corrected chi connectivity index (χ2v) is 1.08. The number of nitriles is 1. The van der Waals surface area contributed by atoms with Crippen LogP contribution < -0.4 is 0 Å². The molecule has 0 spiro atoms. The van der Waals surface area contributed by atoms with Crippen molar-refractivity contribution in [1.82, 2.24) is 0 Å². The Labute approximate surface area is 70.3 Å². The van der Waals surface area contributed by atoms with Gasteiger partial charge in [-0.1, -0.05) is 51.6 Å². The third-order valence-corrected chi connectivity index (χ3v) is 0.607. The molecule has 0 heterocycles. The van der Waals surface area contributed by atoms with E-state index < -0.39 is 0 Å². The highest BCUT2D eigenvalue weighted by Gasteiger charge is 1.58. The van der Waals surface area contributed by atoms with Gasteiger partial charge in [-0.2, -0.15) is 0 Å². The molecular formula is C10H14N. The minimum Gasteiger partial charge on any atom is -0.202 e. The van der Waals surface area contributed by atoms with E-state index in [2.05, 4.69) is 19.6 Å². The minimum atomic E-state index is 0. The van der Waals surface area contributed by atoms with E-state index in [1.165, 1.54) is 0 Å². The van der Waals surface area contributed by atoms with Crippen LogP contribution in [0.5, 0.6) is 0 Å². The molecule has 3 radical (unpaired) electrons. The molecule has 1 heteroatoms. The summed E-state index contributed by atoms with van der Waals surface area (Å²) in [5.74, 6) is 0. The zero-order chi connectivity index (χ0) is 8.24. The summed E-state index contributed by atoms with van der Waals surface area (Å²) in [5.41, 5.74) is 0. The first-order chi connectivity index (χ1) is 5.00. The maximum atomic E-state index is 6.50. The van der Waals surface area contributed by atoms with Gasteiger partial charge in [-0.25, -0.2) is 5.26 Å². The van der Waals surface area contributed by atoms with E-state index in [-0.39, 0.29) is 7.43 Å². The molecule has 1 aromatic rings. The Morgan fingerprint density at radius 3 is 1.55 bits per heavy atom. The summed E-state index contributed by atoms with van der Waals surface area (Å²) in [7, 11) is 0. The zero-order valence-corrected chi connectivity index (χ0v) is 7.12. The Bertz CT molecular complexity index is 105. The van der Waals surface area contributed by atoms with Crippen molar-refractivity contribution < 1.29 is 0 Å². The van der Waals surface area contributed by atoms with Crippen molar-refractivity contribution in [2.75, 3.05) is 0 Å². The Morgan fingerprint density at radius 2 is 1.45 bits per heavy atom. The van der Waals surface area contributed by atoms with Crippen molar-refractivity contribution in [1.29, 1.82) is 5.26 Å². The van der Waals surface area contributed by atoms with Gasteiger partial charge >= 0.3 is 0 Å². The third kappa shape index (κ3) is 17.7. The van der Waals surface area contributed by atoms with Gasteiger partial charge in [0.15, 0.2) is 0 Å². The predicted octanol–water partition coefficient (Wildman–Crippen LogP) is 2.92. The first-order valence-electron chi connectivity index (χ1n) is 2.88. The molecule has 0 fully saturated rings. The normalized spacial score (nSPS) is 5.09. The molecule has 0 aromatic heterocycles. The third-order valence-electron chi connectivity index (χ3n) is 0.607. The van der Waals surface area contributed by atoms with E-state index in [1.807, 2.05) is 30.3 Å². The van der Waals surface area contributed by atoms with Crippen molar-refractivity contribution in [3.8, 4) is 6.57 Å². The molecule has 1 nitrogen and oxygen atoms in total. The molecule has 0 saturated heterocycles. The van der Waals surface area contributed by atoms with Crippen LogP contribution in [0.15, 0.2) is 30.3 Å². The molecule has 0 atom stereocenters. The summed E-state index contributed by atoms with van der Waals surface area (Å²) in [5, 5.41) is 6.50. The monoisotopic (exact) mass is 148 g/mol. The number of benzene rings is 1. The van der Waals surface area contributed by atoms with Gasteiger partial charge in [-0.15, -0.1) is 0 Å². The molecular weight excluding hydrogens is 134 g/mol. The molecule has 1 rings (SSSR count). The van der Waals surface area contributed by atoms with E-state index in [0.29, 0.717) is 0 Å². The van der Waals surface area contributed by atoms with Crippen LogP contribution in [0.25, 0.3) is 0 Å². The van der Waals surface area contributed by atoms with Crippen LogP contribution in [0.3, 0.4) is 0 Å². The van der Waals surface area contributed by atoms with E-state index in [4.69, 9.17) is 5.26 Å². The lowest BCUT2D eigenvalue weighted by Gasteiger charge is -1.68. The van der Waals surface area contributed by atoms with Crippen molar-refractivity contribution in [3.05, 3.63) is 50.7 Å². The standard InChI is InChI=1S/C6H5.C2H5.CHN.CH3/c1-2-4-6-5-3-1;2*1-2;/h1-5H;1H2,2H3;1H;1H3. The number of hydrogen-bond acceptors (Lipinski definition) is 1. The van der Waals surface area contributed by atoms with E-state index in [0.717, 1.165) is 0 Å².